The summed E-state index contributed by atoms with van der Waals surface area (Å²) in [5.41, 5.74) is 6.96. The van der Waals surface area contributed by atoms with Gasteiger partial charge in [0.15, 0.2) is 0 Å². The molecule has 1 aromatic rings. The number of phenols is 1. The van der Waals surface area contributed by atoms with Crippen LogP contribution in [-0.4, -0.2) is 48.3 Å². The van der Waals surface area contributed by atoms with Crippen LogP contribution in [-0.2, 0) is 16.0 Å². The zero-order valence-corrected chi connectivity index (χ0v) is 11.8. The summed E-state index contributed by atoms with van der Waals surface area (Å²) in [6.45, 7) is 1.41. The van der Waals surface area contributed by atoms with Crippen LogP contribution in [0, 0.1) is 0 Å². The van der Waals surface area contributed by atoms with Crippen molar-refractivity contribution in [2.45, 2.75) is 31.3 Å². The third kappa shape index (κ3) is 3.71. The summed E-state index contributed by atoms with van der Waals surface area (Å²) in [6, 6.07) is 6.46. The molecule has 0 radical (unpaired) electrons. The molecule has 1 amide bonds. The van der Waals surface area contributed by atoms with E-state index in [9.17, 15) is 9.90 Å². The number of likely N-dealkylation sites (N-methyl/N-ethyl adjacent to an activating group) is 1. The molecule has 0 saturated carbocycles. The van der Waals surface area contributed by atoms with Crippen LogP contribution in [0.15, 0.2) is 24.3 Å². The highest BCUT2D eigenvalue weighted by Gasteiger charge is 2.26. The van der Waals surface area contributed by atoms with E-state index in [1.807, 2.05) is 7.05 Å². The standard InChI is InChI=1S/C15H22N2O3/c1-17(12-6-8-20-9-7-12)15(19)14(16)10-11-2-4-13(18)5-3-11/h2-5,12,14,18H,6-10,16H2,1H3/t14-/m0/s1. The highest BCUT2D eigenvalue weighted by Crippen LogP contribution is 2.15. The molecule has 3 N–H and O–H groups in total. The minimum atomic E-state index is -0.549. The van der Waals surface area contributed by atoms with Gasteiger partial charge in [-0.05, 0) is 37.0 Å². The molecule has 1 fully saturated rings. The van der Waals surface area contributed by atoms with Crippen molar-refractivity contribution in [1.82, 2.24) is 4.90 Å². The monoisotopic (exact) mass is 278 g/mol. The Hall–Kier alpha value is -1.59. The van der Waals surface area contributed by atoms with Crippen LogP contribution in [0.2, 0.25) is 0 Å². The maximum atomic E-state index is 12.3. The van der Waals surface area contributed by atoms with Crippen LogP contribution in [0.3, 0.4) is 0 Å². The second kappa shape index (κ2) is 6.72. The van der Waals surface area contributed by atoms with E-state index in [0.717, 1.165) is 18.4 Å². The lowest BCUT2D eigenvalue weighted by Gasteiger charge is -2.32. The first-order valence-corrected chi connectivity index (χ1v) is 6.96. The topological polar surface area (TPSA) is 75.8 Å². The third-order valence-corrected chi connectivity index (χ3v) is 3.80. The smallest absolute Gasteiger partial charge is 0.239 e. The van der Waals surface area contributed by atoms with E-state index in [2.05, 4.69) is 0 Å². The van der Waals surface area contributed by atoms with Gasteiger partial charge in [-0.15, -0.1) is 0 Å². The largest absolute Gasteiger partial charge is 0.508 e. The Morgan fingerprint density at radius 1 is 1.40 bits per heavy atom. The lowest BCUT2D eigenvalue weighted by atomic mass is 10.0. The van der Waals surface area contributed by atoms with Gasteiger partial charge in [0.2, 0.25) is 5.91 Å². The van der Waals surface area contributed by atoms with Crippen LogP contribution in [0.5, 0.6) is 5.75 Å². The average Bonchev–Trinajstić information content (AvgIpc) is 2.49. The fourth-order valence-corrected chi connectivity index (χ4v) is 2.49. The summed E-state index contributed by atoms with van der Waals surface area (Å²) >= 11 is 0. The summed E-state index contributed by atoms with van der Waals surface area (Å²) in [5.74, 6) is 0.179. The molecule has 0 aliphatic carbocycles. The van der Waals surface area contributed by atoms with E-state index in [-0.39, 0.29) is 17.7 Å². The summed E-state index contributed by atoms with van der Waals surface area (Å²) in [6.07, 6.45) is 2.22. The van der Waals surface area contributed by atoms with Crippen molar-refractivity contribution in [3.05, 3.63) is 29.8 Å². The number of nitrogens with two attached hydrogens (primary N) is 1. The maximum Gasteiger partial charge on any atom is 0.239 e. The molecule has 2 rings (SSSR count). The minimum Gasteiger partial charge on any atom is -0.508 e. The van der Waals surface area contributed by atoms with Gasteiger partial charge in [-0.1, -0.05) is 12.1 Å². The van der Waals surface area contributed by atoms with Crippen molar-refractivity contribution in [2.75, 3.05) is 20.3 Å². The Morgan fingerprint density at radius 3 is 2.60 bits per heavy atom. The predicted octanol–water partition coefficient (Wildman–Crippen LogP) is 0.899. The number of nitrogens with zero attached hydrogens (tertiary/aromatic N) is 1. The minimum absolute atomic E-state index is 0.0371. The second-order valence-corrected chi connectivity index (χ2v) is 5.27. The van der Waals surface area contributed by atoms with Gasteiger partial charge in [-0.2, -0.15) is 0 Å². The highest BCUT2D eigenvalue weighted by atomic mass is 16.5. The van der Waals surface area contributed by atoms with Gasteiger partial charge >= 0.3 is 0 Å². The summed E-state index contributed by atoms with van der Waals surface area (Å²) in [5, 5.41) is 9.24. The third-order valence-electron chi connectivity index (χ3n) is 3.80. The van der Waals surface area contributed by atoms with E-state index in [1.54, 1.807) is 29.2 Å². The molecule has 1 aliphatic rings. The molecule has 0 spiro atoms. The van der Waals surface area contributed by atoms with Gasteiger partial charge in [0, 0.05) is 26.3 Å². The Kier molecular flexibility index (Phi) is 4.98. The molecule has 0 bridgehead atoms. The van der Waals surface area contributed by atoms with Crippen LogP contribution in [0.4, 0.5) is 0 Å². The molecule has 0 aromatic heterocycles. The first-order valence-electron chi connectivity index (χ1n) is 6.96. The van der Waals surface area contributed by atoms with Gasteiger partial charge in [-0.3, -0.25) is 4.79 Å². The number of carbonyl (C=O) groups excluding carboxylic acids is 1. The molecule has 5 nitrogen and oxygen atoms in total. The van der Waals surface area contributed by atoms with Crippen molar-refractivity contribution in [1.29, 1.82) is 0 Å². The van der Waals surface area contributed by atoms with Gasteiger partial charge in [0.1, 0.15) is 5.75 Å². The molecule has 1 saturated heterocycles. The molecule has 1 atom stereocenters. The van der Waals surface area contributed by atoms with Crippen LogP contribution >= 0.6 is 0 Å². The Labute approximate surface area is 119 Å². The summed E-state index contributed by atoms with van der Waals surface area (Å²) in [4.78, 5) is 14.1. The van der Waals surface area contributed by atoms with E-state index in [4.69, 9.17) is 10.5 Å². The van der Waals surface area contributed by atoms with E-state index >= 15 is 0 Å². The SMILES string of the molecule is CN(C(=O)[C@@H](N)Cc1ccc(O)cc1)C1CCOCC1. The van der Waals surface area contributed by atoms with Gasteiger partial charge in [-0.25, -0.2) is 0 Å². The highest BCUT2D eigenvalue weighted by molar-refractivity contribution is 5.82. The molecule has 0 unspecified atom stereocenters. The van der Waals surface area contributed by atoms with Crippen LogP contribution in [0.25, 0.3) is 0 Å². The maximum absolute atomic E-state index is 12.3. The number of benzene rings is 1. The zero-order chi connectivity index (χ0) is 14.5. The van der Waals surface area contributed by atoms with E-state index in [0.29, 0.717) is 19.6 Å². The molecule has 110 valence electrons. The number of aromatic hydroxyl groups is 1. The Morgan fingerprint density at radius 2 is 2.00 bits per heavy atom. The number of phenolic OH excluding ortho intramolecular Hbond substituents is 1. The van der Waals surface area contributed by atoms with Crippen LogP contribution < -0.4 is 5.73 Å². The lowest BCUT2D eigenvalue weighted by Crippen LogP contribution is -2.49. The van der Waals surface area contributed by atoms with E-state index < -0.39 is 6.04 Å². The van der Waals surface area contributed by atoms with Gasteiger partial charge < -0.3 is 20.5 Å². The average molecular weight is 278 g/mol. The van der Waals surface area contributed by atoms with Crippen LogP contribution in [0.1, 0.15) is 18.4 Å². The van der Waals surface area contributed by atoms with Crippen molar-refractivity contribution in [2.24, 2.45) is 5.73 Å². The quantitative estimate of drug-likeness (QED) is 0.858. The molecule has 1 aliphatic heterocycles. The normalized spacial score (nSPS) is 17.7. The molecule has 1 heterocycles. The van der Waals surface area contributed by atoms with Gasteiger partial charge in [0.25, 0.3) is 0 Å². The summed E-state index contributed by atoms with van der Waals surface area (Å²) < 4.78 is 5.30. The van der Waals surface area contributed by atoms with Gasteiger partial charge in [0.05, 0.1) is 6.04 Å². The molecular formula is C15H22N2O3. The molecule has 20 heavy (non-hydrogen) atoms. The fraction of sp³-hybridized carbons (Fsp3) is 0.533. The second-order valence-electron chi connectivity index (χ2n) is 5.27. The van der Waals surface area contributed by atoms with Crippen molar-refractivity contribution < 1.29 is 14.6 Å². The van der Waals surface area contributed by atoms with Crippen molar-refractivity contribution >= 4 is 5.91 Å². The molecular weight excluding hydrogens is 256 g/mol. The van der Waals surface area contributed by atoms with Crippen molar-refractivity contribution in [3.8, 4) is 5.75 Å². The number of ether oxygens (including phenoxy) is 1. The first-order chi connectivity index (χ1) is 9.58. The summed E-state index contributed by atoms with van der Waals surface area (Å²) in [7, 11) is 1.81. The lowest BCUT2D eigenvalue weighted by molar-refractivity contribution is -0.135. The number of rotatable bonds is 4. The fourth-order valence-electron chi connectivity index (χ4n) is 2.49. The Balaban J connectivity index is 1.92. The number of hydrogen-bond acceptors (Lipinski definition) is 4. The number of amides is 1. The molecule has 1 aromatic carbocycles. The predicted molar refractivity (Wildman–Crippen MR) is 76.4 cm³/mol. The zero-order valence-electron chi connectivity index (χ0n) is 11.8. The number of hydrogen-bond donors (Lipinski definition) is 2. The van der Waals surface area contributed by atoms with E-state index in [1.165, 1.54) is 0 Å². The molecule has 5 heteroatoms. The Bertz CT molecular complexity index is 441. The first kappa shape index (κ1) is 14.8. The van der Waals surface area contributed by atoms with Crippen molar-refractivity contribution in [3.63, 3.8) is 0 Å². The number of carbonyl (C=O) groups is 1.